The van der Waals surface area contributed by atoms with Gasteiger partial charge in [-0.05, 0) is 29.8 Å². The molecule has 0 aliphatic carbocycles. The van der Waals surface area contributed by atoms with Gasteiger partial charge in [0, 0.05) is 30.2 Å². The lowest BCUT2D eigenvalue weighted by Crippen LogP contribution is -2.23. The van der Waals surface area contributed by atoms with Gasteiger partial charge in [0.1, 0.15) is 6.10 Å². The molecule has 10 nitrogen and oxygen atoms in total. The Morgan fingerprint density at radius 1 is 0.765 bits per heavy atom. The molecule has 2 atom stereocenters. The third-order valence-electron chi connectivity index (χ3n) is 4.98. The Balaban J connectivity index is 1.71. The van der Waals surface area contributed by atoms with Crippen molar-refractivity contribution in [1.82, 2.24) is 0 Å². The van der Waals surface area contributed by atoms with Crippen LogP contribution < -0.4 is 0 Å². The van der Waals surface area contributed by atoms with E-state index in [4.69, 9.17) is 9.47 Å². The topological polar surface area (TPSA) is 139 Å². The van der Waals surface area contributed by atoms with Crippen LogP contribution in [0.25, 0.3) is 0 Å². The predicted octanol–water partition coefficient (Wildman–Crippen LogP) is 4.89. The average Bonchev–Trinajstić information content (AvgIpc) is 2.86. The molecule has 3 aromatic rings. The smallest absolute Gasteiger partial charge is 0.338 e. The second-order valence-electron chi connectivity index (χ2n) is 7.42. The lowest BCUT2D eigenvalue weighted by atomic mass is 9.97. The highest BCUT2D eigenvalue weighted by atomic mass is 16.6. The molecule has 0 aromatic heterocycles. The summed E-state index contributed by atoms with van der Waals surface area (Å²) in [5, 5.41) is 21.6. The Kier molecular flexibility index (Phi) is 7.65. The Labute approximate surface area is 194 Å². The van der Waals surface area contributed by atoms with E-state index in [1.54, 1.807) is 37.3 Å². The van der Waals surface area contributed by atoms with Crippen molar-refractivity contribution in [1.29, 1.82) is 0 Å². The van der Waals surface area contributed by atoms with E-state index >= 15 is 0 Å². The van der Waals surface area contributed by atoms with E-state index in [0.29, 0.717) is 5.56 Å². The predicted molar refractivity (Wildman–Crippen MR) is 120 cm³/mol. The van der Waals surface area contributed by atoms with Crippen LogP contribution in [-0.4, -0.2) is 28.4 Å². The Morgan fingerprint density at radius 2 is 1.24 bits per heavy atom. The van der Waals surface area contributed by atoms with Gasteiger partial charge in [0.15, 0.2) is 0 Å². The fourth-order valence-corrected chi connectivity index (χ4v) is 3.16. The SMILES string of the molecule is C[C@H](COC(=O)c1ccc([N+](=O)[O-])cc1)[C@H](OC(=O)c1ccc([N+](=O)[O-])cc1)c1ccccc1. The summed E-state index contributed by atoms with van der Waals surface area (Å²) in [6.07, 6.45) is -0.770. The van der Waals surface area contributed by atoms with Gasteiger partial charge in [0.05, 0.1) is 27.6 Å². The van der Waals surface area contributed by atoms with Crippen LogP contribution in [0.2, 0.25) is 0 Å². The summed E-state index contributed by atoms with van der Waals surface area (Å²) < 4.78 is 11.0. The normalized spacial score (nSPS) is 12.3. The van der Waals surface area contributed by atoms with Gasteiger partial charge in [-0.25, -0.2) is 9.59 Å². The highest BCUT2D eigenvalue weighted by molar-refractivity contribution is 5.90. The highest BCUT2D eigenvalue weighted by Gasteiger charge is 2.26. The molecule has 34 heavy (non-hydrogen) atoms. The van der Waals surface area contributed by atoms with E-state index in [9.17, 15) is 29.8 Å². The van der Waals surface area contributed by atoms with Gasteiger partial charge in [-0.3, -0.25) is 20.2 Å². The fraction of sp³-hybridized carbons (Fsp3) is 0.167. The first-order chi connectivity index (χ1) is 16.3. The van der Waals surface area contributed by atoms with Gasteiger partial charge in [0.2, 0.25) is 0 Å². The molecular weight excluding hydrogens is 444 g/mol. The third-order valence-corrected chi connectivity index (χ3v) is 4.98. The van der Waals surface area contributed by atoms with Crippen molar-refractivity contribution in [3.8, 4) is 0 Å². The summed E-state index contributed by atoms with van der Waals surface area (Å²) >= 11 is 0. The molecule has 0 amide bonds. The molecule has 0 bridgehead atoms. The number of esters is 2. The van der Waals surface area contributed by atoms with E-state index in [2.05, 4.69) is 0 Å². The minimum absolute atomic E-state index is 0.0943. The molecule has 0 spiro atoms. The second kappa shape index (κ2) is 10.8. The van der Waals surface area contributed by atoms with Gasteiger partial charge in [-0.1, -0.05) is 37.3 Å². The van der Waals surface area contributed by atoms with E-state index in [1.807, 2.05) is 0 Å². The van der Waals surface area contributed by atoms with Crippen LogP contribution in [0.4, 0.5) is 11.4 Å². The molecule has 3 aromatic carbocycles. The first-order valence-corrected chi connectivity index (χ1v) is 10.2. The number of non-ortho nitro benzene ring substituents is 2. The number of rotatable bonds is 9. The molecule has 0 saturated carbocycles. The first kappa shape index (κ1) is 24.1. The summed E-state index contributed by atoms with van der Waals surface area (Å²) in [4.78, 5) is 45.5. The molecule has 0 aliphatic rings. The average molecular weight is 464 g/mol. The molecule has 0 heterocycles. The summed E-state index contributed by atoms with van der Waals surface area (Å²) in [5.41, 5.74) is 0.671. The second-order valence-corrected chi connectivity index (χ2v) is 7.42. The number of hydrogen-bond donors (Lipinski definition) is 0. The van der Waals surface area contributed by atoms with E-state index < -0.39 is 33.8 Å². The number of nitro benzene ring substituents is 2. The lowest BCUT2D eigenvalue weighted by molar-refractivity contribution is -0.385. The van der Waals surface area contributed by atoms with Crippen molar-refractivity contribution in [2.24, 2.45) is 5.92 Å². The van der Waals surface area contributed by atoms with Gasteiger partial charge in [-0.15, -0.1) is 0 Å². The number of carbonyl (C=O) groups excluding carboxylic acids is 2. The maximum Gasteiger partial charge on any atom is 0.338 e. The van der Waals surface area contributed by atoms with Crippen molar-refractivity contribution >= 4 is 23.3 Å². The van der Waals surface area contributed by atoms with Crippen LogP contribution in [-0.2, 0) is 9.47 Å². The van der Waals surface area contributed by atoms with Crippen LogP contribution >= 0.6 is 0 Å². The molecule has 3 rings (SSSR count). The standard InChI is InChI=1S/C24H20N2O8/c1-16(15-33-23(27)18-7-11-20(12-8-18)25(29)30)22(17-5-3-2-4-6-17)34-24(28)19-9-13-21(14-10-19)26(31)32/h2-14,16,22H,15H2,1H3/t16-,22+/m1/s1. The van der Waals surface area contributed by atoms with Gasteiger partial charge in [-0.2, -0.15) is 0 Å². The maximum atomic E-state index is 12.7. The third kappa shape index (κ3) is 6.00. The number of nitrogens with zero attached hydrogens (tertiary/aromatic N) is 2. The van der Waals surface area contributed by atoms with Crippen LogP contribution in [0.5, 0.6) is 0 Å². The van der Waals surface area contributed by atoms with Crippen molar-refractivity contribution in [3.05, 3.63) is 116 Å². The number of ether oxygens (including phenoxy) is 2. The minimum Gasteiger partial charge on any atom is -0.462 e. The monoisotopic (exact) mass is 464 g/mol. The van der Waals surface area contributed by atoms with Crippen molar-refractivity contribution in [2.45, 2.75) is 13.0 Å². The van der Waals surface area contributed by atoms with Crippen LogP contribution in [0, 0.1) is 26.1 Å². The summed E-state index contributed by atoms with van der Waals surface area (Å²) in [6, 6.07) is 18.9. The first-order valence-electron chi connectivity index (χ1n) is 10.2. The van der Waals surface area contributed by atoms with Gasteiger partial charge < -0.3 is 9.47 Å². The molecule has 0 fully saturated rings. The number of hydrogen-bond acceptors (Lipinski definition) is 8. The Bertz CT molecular complexity index is 1180. The van der Waals surface area contributed by atoms with Crippen LogP contribution in [0.15, 0.2) is 78.9 Å². The van der Waals surface area contributed by atoms with Crippen molar-refractivity contribution in [2.75, 3.05) is 6.61 Å². The lowest BCUT2D eigenvalue weighted by Gasteiger charge is -2.24. The summed E-state index contributed by atoms with van der Waals surface area (Å²) in [6.45, 7) is 1.65. The largest absolute Gasteiger partial charge is 0.462 e. The zero-order valence-electron chi connectivity index (χ0n) is 18.0. The van der Waals surface area contributed by atoms with E-state index in [0.717, 1.165) is 0 Å². The zero-order valence-corrected chi connectivity index (χ0v) is 18.0. The highest BCUT2D eigenvalue weighted by Crippen LogP contribution is 2.28. The van der Waals surface area contributed by atoms with Crippen molar-refractivity contribution < 1.29 is 28.9 Å². The van der Waals surface area contributed by atoms with E-state index in [1.165, 1.54) is 48.5 Å². The molecule has 0 N–H and O–H groups in total. The summed E-state index contributed by atoms with van der Waals surface area (Å²) in [5.74, 6) is -1.81. The molecule has 0 radical (unpaired) electrons. The van der Waals surface area contributed by atoms with E-state index in [-0.39, 0.29) is 29.1 Å². The van der Waals surface area contributed by atoms with Gasteiger partial charge in [0.25, 0.3) is 11.4 Å². The number of carbonyl (C=O) groups is 2. The number of nitro groups is 2. The van der Waals surface area contributed by atoms with Crippen LogP contribution in [0.1, 0.15) is 39.3 Å². The van der Waals surface area contributed by atoms with Gasteiger partial charge >= 0.3 is 11.9 Å². The minimum atomic E-state index is -0.770. The van der Waals surface area contributed by atoms with Crippen LogP contribution in [0.3, 0.4) is 0 Å². The maximum absolute atomic E-state index is 12.7. The molecule has 0 aliphatic heterocycles. The number of benzene rings is 3. The fourth-order valence-electron chi connectivity index (χ4n) is 3.16. The Hall–Kier alpha value is -4.60. The molecule has 0 saturated heterocycles. The molecule has 174 valence electrons. The molecule has 10 heteroatoms. The zero-order chi connectivity index (χ0) is 24.7. The van der Waals surface area contributed by atoms with Crippen molar-refractivity contribution in [3.63, 3.8) is 0 Å². The molecule has 0 unspecified atom stereocenters. The molecular formula is C24H20N2O8. The quantitative estimate of drug-likeness (QED) is 0.248. The summed E-state index contributed by atoms with van der Waals surface area (Å²) in [7, 11) is 0. The Morgan fingerprint density at radius 3 is 1.71 bits per heavy atom.